The van der Waals surface area contributed by atoms with Crippen molar-refractivity contribution in [3.05, 3.63) is 0 Å². The molecule has 2 unspecified atom stereocenters. The van der Waals surface area contributed by atoms with Crippen LogP contribution in [0.25, 0.3) is 0 Å². The molecule has 0 aliphatic rings. The van der Waals surface area contributed by atoms with E-state index >= 15 is 0 Å². The lowest BCUT2D eigenvalue weighted by molar-refractivity contribution is -0.0142. The fraction of sp³-hybridized carbons (Fsp3) is 1.00. The Morgan fingerprint density at radius 3 is 1.78 bits per heavy atom. The highest BCUT2D eigenvalue weighted by Crippen LogP contribution is 1.86. The van der Waals surface area contributed by atoms with Crippen LogP contribution in [0, 0.1) is 0 Å². The highest BCUT2D eigenvalue weighted by molar-refractivity contribution is 4.69. The summed E-state index contributed by atoms with van der Waals surface area (Å²) >= 11 is 0. The highest BCUT2D eigenvalue weighted by Gasteiger charge is 2.18. The zero-order chi connectivity index (χ0) is 7.44. The van der Waals surface area contributed by atoms with Gasteiger partial charge in [0, 0.05) is 0 Å². The molecule has 0 rings (SSSR count). The van der Waals surface area contributed by atoms with Crippen molar-refractivity contribution in [3.8, 4) is 0 Å². The molecule has 0 aromatic rings. The molecule has 56 valence electrons. The molecule has 6 nitrogen and oxygen atoms in total. The normalized spacial score (nSPS) is 18.0. The van der Waals surface area contributed by atoms with Crippen LogP contribution >= 0.6 is 0 Å². The van der Waals surface area contributed by atoms with Crippen LogP contribution in [0.1, 0.15) is 0 Å². The first-order valence-electron chi connectivity index (χ1n) is 2.43. The maximum absolute atomic E-state index is 8.75. The van der Waals surface area contributed by atoms with Gasteiger partial charge in [0.2, 0.25) is 0 Å². The summed E-state index contributed by atoms with van der Waals surface area (Å²) in [6, 6.07) is 0. The zero-order valence-electron chi connectivity index (χ0n) is 4.86. The van der Waals surface area contributed by atoms with Gasteiger partial charge in [-0.25, -0.2) is 5.43 Å². The molecule has 9 heavy (non-hydrogen) atoms. The number of rotatable bonds is 3. The van der Waals surface area contributed by atoms with Crippen LogP contribution in [0.2, 0.25) is 0 Å². The van der Waals surface area contributed by atoms with E-state index in [1.807, 2.05) is 5.43 Å². The highest BCUT2D eigenvalue weighted by atomic mass is 16.3. The fourth-order valence-corrected chi connectivity index (χ4v) is 0.309. The lowest BCUT2D eigenvalue weighted by Gasteiger charge is -2.19. The van der Waals surface area contributed by atoms with Crippen molar-refractivity contribution < 1.29 is 10.2 Å². The van der Waals surface area contributed by atoms with Gasteiger partial charge in [0.25, 0.3) is 0 Å². The van der Waals surface area contributed by atoms with E-state index in [-0.39, 0.29) is 0 Å². The van der Waals surface area contributed by atoms with E-state index in [4.69, 9.17) is 27.5 Å². The zero-order valence-corrected chi connectivity index (χ0v) is 4.86. The third kappa shape index (κ3) is 2.70. The van der Waals surface area contributed by atoms with Gasteiger partial charge in [-0.15, -0.1) is 0 Å². The summed E-state index contributed by atoms with van der Waals surface area (Å²) in [5, 5.41) is 17.4. The fourth-order valence-electron chi connectivity index (χ4n) is 0.309. The van der Waals surface area contributed by atoms with Crippen LogP contribution in [-0.4, -0.2) is 28.7 Å². The molecule has 0 heterocycles. The molecule has 0 saturated heterocycles. The van der Waals surface area contributed by atoms with Crippen molar-refractivity contribution in [1.29, 1.82) is 0 Å². The molecule has 0 aromatic carbocycles. The average Bonchev–Trinajstić information content (AvgIpc) is 1.84. The van der Waals surface area contributed by atoms with Crippen molar-refractivity contribution in [3.63, 3.8) is 0 Å². The van der Waals surface area contributed by atoms with E-state index in [2.05, 4.69) is 0 Å². The van der Waals surface area contributed by atoms with E-state index < -0.39 is 18.5 Å². The van der Waals surface area contributed by atoms with Crippen LogP contribution in [0.3, 0.4) is 0 Å². The Bertz CT molecular complexity index is 78.2. The van der Waals surface area contributed by atoms with Gasteiger partial charge in [0.1, 0.15) is 12.3 Å². The predicted molar refractivity (Wildman–Crippen MR) is 31.5 cm³/mol. The van der Waals surface area contributed by atoms with Crippen LogP contribution in [0.5, 0.6) is 0 Å². The maximum Gasteiger partial charge on any atom is 0.145 e. The van der Waals surface area contributed by atoms with E-state index in [0.717, 1.165) is 0 Å². The quantitative estimate of drug-likeness (QED) is 0.135. The van der Waals surface area contributed by atoms with E-state index in [1.54, 1.807) is 0 Å². The van der Waals surface area contributed by atoms with Crippen LogP contribution in [0.4, 0.5) is 0 Å². The van der Waals surface area contributed by atoms with Crippen LogP contribution in [-0.2, 0) is 0 Å². The van der Waals surface area contributed by atoms with E-state index in [9.17, 15) is 0 Å². The molecule has 0 radical (unpaired) electrons. The molecule has 0 aromatic heterocycles. The number of aliphatic hydroxyl groups is 2. The number of aliphatic hydroxyl groups excluding tert-OH is 2. The summed E-state index contributed by atoms with van der Waals surface area (Å²) in [6.07, 6.45) is -3.50. The summed E-state index contributed by atoms with van der Waals surface area (Å²) in [5.74, 6) is 4.74. The number of hydrazine groups is 1. The van der Waals surface area contributed by atoms with Gasteiger partial charge in [-0.1, -0.05) is 0 Å². The Labute approximate surface area is 52.6 Å². The molecule has 9 N–H and O–H groups in total. The summed E-state index contributed by atoms with van der Waals surface area (Å²) < 4.78 is 0. The standard InChI is InChI=1S/C3H12N4O2/c4-2(5)1(8)3(9)7-6/h1-3,7-9H,4-6H2. The van der Waals surface area contributed by atoms with Gasteiger partial charge in [-0.05, 0) is 0 Å². The van der Waals surface area contributed by atoms with Crippen molar-refractivity contribution in [2.24, 2.45) is 17.3 Å². The van der Waals surface area contributed by atoms with Crippen molar-refractivity contribution in [2.45, 2.75) is 18.5 Å². The van der Waals surface area contributed by atoms with E-state index in [0.29, 0.717) is 0 Å². The molecule has 0 aliphatic carbocycles. The Kier molecular flexibility index (Phi) is 3.62. The third-order valence-electron chi connectivity index (χ3n) is 0.889. The summed E-state index contributed by atoms with van der Waals surface area (Å²) in [6.45, 7) is 0. The first kappa shape index (κ1) is 8.76. The molecule has 0 saturated carbocycles. The van der Waals surface area contributed by atoms with Crippen LogP contribution < -0.4 is 22.7 Å². The van der Waals surface area contributed by atoms with Gasteiger partial charge >= 0.3 is 0 Å². The molecule has 2 atom stereocenters. The summed E-state index contributed by atoms with van der Waals surface area (Å²) in [5.41, 5.74) is 11.9. The molecule has 6 heteroatoms. The Morgan fingerprint density at radius 2 is 1.67 bits per heavy atom. The van der Waals surface area contributed by atoms with Crippen molar-refractivity contribution in [1.82, 2.24) is 5.43 Å². The Hall–Kier alpha value is -0.240. The minimum atomic E-state index is -1.27. The first-order chi connectivity index (χ1) is 4.09. The maximum atomic E-state index is 8.75. The molecule has 0 bridgehead atoms. The number of nitrogens with one attached hydrogen (secondary N) is 1. The minimum absolute atomic E-state index is 0.990. The van der Waals surface area contributed by atoms with Crippen LogP contribution in [0.15, 0.2) is 0 Å². The lowest BCUT2D eigenvalue weighted by atomic mass is 10.3. The third-order valence-corrected chi connectivity index (χ3v) is 0.889. The predicted octanol–water partition coefficient (Wildman–Crippen LogP) is -3.63. The molecule has 0 fully saturated rings. The number of nitrogens with two attached hydrogens (primary N) is 3. The largest absolute Gasteiger partial charge is 0.386 e. The van der Waals surface area contributed by atoms with E-state index in [1.165, 1.54) is 0 Å². The van der Waals surface area contributed by atoms with Gasteiger partial charge in [-0.2, -0.15) is 0 Å². The second-order valence-electron chi connectivity index (χ2n) is 1.68. The minimum Gasteiger partial charge on any atom is -0.386 e. The lowest BCUT2D eigenvalue weighted by Crippen LogP contribution is -2.55. The van der Waals surface area contributed by atoms with Gasteiger partial charge in [0.05, 0.1) is 6.17 Å². The average molecular weight is 136 g/mol. The number of hydrogen-bond acceptors (Lipinski definition) is 6. The smallest absolute Gasteiger partial charge is 0.145 e. The second-order valence-corrected chi connectivity index (χ2v) is 1.68. The Morgan fingerprint density at radius 1 is 1.22 bits per heavy atom. The second kappa shape index (κ2) is 3.72. The summed E-state index contributed by atoms with van der Waals surface area (Å²) in [7, 11) is 0. The van der Waals surface area contributed by atoms with Crippen molar-refractivity contribution >= 4 is 0 Å². The summed E-state index contributed by atoms with van der Waals surface area (Å²) in [4.78, 5) is 0. The molecule has 0 spiro atoms. The van der Waals surface area contributed by atoms with Gasteiger partial charge in [0.15, 0.2) is 0 Å². The van der Waals surface area contributed by atoms with Crippen molar-refractivity contribution in [2.75, 3.05) is 0 Å². The first-order valence-corrected chi connectivity index (χ1v) is 2.43. The molecule has 0 amide bonds. The Balaban J connectivity index is 3.58. The molecular formula is C3H12N4O2. The monoisotopic (exact) mass is 136 g/mol. The molecular weight excluding hydrogens is 124 g/mol. The van der Waals surface area contributed by atoms with Gasteiger partial charge in [-0.3, -0.25) is 5.84 Å². The molecule has 0 aliphatic heterocycles. The number of hydrogen-bond donors (Lipinski definition) is 6. The SMILES string of the molecule is NNC(O)C(O)C(N)N. The van der Waals surface area contributed by atoms with Gasteiger partial charge < -0.3 is 21.7 Å². The topological polar surface area (TPSA) is 131 Å².